The van der Waals surface area contributed by atoms with E-state index in [4.69, 9.17) is 14.5 Å². The maximum Gasteiger partial charge on any atom is 0.207 e. The van der Waals surface area contributed by atoms with Gasteiger partial charge in [0.15, 0.2) is 0 Å². The Bertz CT molecular complexity index is 388. The third-order valence-corrected chi connectivity index (χ3v) is 6.12. The second kappa shape index (κ2) is 4.56. The molecule has 3 heteroatoms. The second-order valence-corrected chi connectivity index (χ2v) is 7.54. The predicted octanol–water partition coefficient (Wildman–Crippen LogP) is 3.84. The lowest BCUT2D eigenvalue weighted by Gasteiger charge is -2.61. The van der Waals surface area contributed by atoms with E-state index in [1.165, 1.54) is 32.1 Å². The SMILES string of the molecule is C=C(C)[C@H]1OOC2(O[C@@H]1CC)C1CC3CC(C1)CC2C3. The normalized spacial score (nSPS) is 53.5. The van der Waals surface area contributed by atoms with Crippen LogP contribution < -0.4 is 0 Å². The summed E-state index contributed by atoms with van der Waals surface area (Å²) in [5.41, 5.74) is 0.996. The average molecular weight is 278 g/mol. The minimum absolute atomic E-state index is 0.0961. The summed E-state index contributed by atoms with van der Waals surface area (Å²) < 4.78 is 6.57. The first kappa shape index (κ1) is 13.3. The zero-order valence-corrected chi connectivity index (χ0v) is 12.6. The summed E-state index contributed by atoms with van der Waals surface area (Å²) in [6.07, 6.45) is 7.45. The maximum atomic E-state index is 6.57. The molecule has 5 fully saturated rings. The highest BCUT2D eigenvalue weighted by atomic mass is 17.2. The quantitative estimate of drug-likeness (QED) is 0.567. The molecule has 0 radical (unpaired) electrons. The Kier molecular flexibility index (Phi) is 3.03. The minimum Gasteiger partial charge on any atom is -0.340 e. The molecule has 20 heavy (non-hydrogen) atoms. The summed E-state index contributed by atoms with van der Waals surface area (Å²) in [4.78, 5) is 11.8. The van der Waals surface area contributed by atoms with Gasteiger partial charge in [-0.1, -0.05) is 13.5 Å². The van der Waals surface area contributed by atoms with Crippen LogP contribution in [0.15, 0.2) is 12.2 Å². The van der Waals surface area contributed by atoms with Crippen molar-refractivity contribution >= 4 is 0 Å². The summed E-state index contributed by atoms with van der Waals surface area (Å²) in [6.45, 7) is 8.18. The predicted molar refractivity (Wildman–Crippen MR) is 75.7 cm³/mol. The number of rotatable bonds is 2. The standard InChI is InChI=1S/C17H26O3/c1-4-15-16(10(2)3)19-20-17(18-15)13-6-11-5-12(8-13)9-14(17)7-11/h11-16H,2,4-9H2,1,3H3/t11?,12?,13?,14?,15-,16-,17?/m1/s1. The van der Waals surface area contributed by atoms with Crippen molar-refractivity contribution < 1.29 is 14.5 Å². The first-order chi connectivity index (χ1) is 9.62. The molecule has 0 aromatic carbocycles. The molecule has 4 saturated carbocycles. The molecular weight excluding hydrogens is 252 g/mol. The first-order valence-electron chi connectivity index (χ1n) is 8.30. The van der Waals surface area contributed by atoms with Gasteiger partial charge in [0, 0.05) is 11.8 Å². The third kappa shape index (κ3) is 1.76. The zero-order chi connectivity index (χ0) is 13.9. The van der Waals surface area contributed by atoms with Crippen LogP contribution in [-0.4, -0.2) is 18.0 Å². The van der Waals surface area contributed by atoms with E-state index in [0.717, 1.165) is 23.8 Å². The first-order valence-corrected chi connectivity index (χ1v) is 8.30. The maximum absolute atomic E-state index is 6.57. The van der Waals surface area contributed by atoms with Gasteiger partial charge in [-0.25, -0.2) is 4.89 Å². The molecular formula is C17H26O3. The van der Waals surface area contributed by atoms with Crippen molar-refractivity contribution in [3.05, 3.63) is 12.2 Å². The summed E-state index contributed by atoms with van der Waals surface area (Å²) in [7, 11) is 0. The van der Waals surface area contributed by atoms with Crippen LogP contribution in [0.25, 0.3) is 0 Å². The second-order valence-electron chi connectivity index (χ2n) is 7.54. The molecule has 5 aliphatic rings. The molecule has 3 nitrogen and oxygen atoms in total. The van der Waals surface area contributed by atoms with E-state index in [1.807, 2.05) is 6.92 Å². The van der Waals surface area contributed by atoms with E-state index in [0.29, 0.717) is 11.8 Å². The highest BCUT2D eigenvalue weighted by Gasteiger charge is 2.62. The van der Waals surface area contributed by atoms with E-state index >= 15 is 0 Å². The van der Waals surface area contributed by atoms with Crippen molar-refractivity contribution in [3.8, 4) is 0 Å². The van der Waals surface area contributed by atoms with Gasteiger partial charge in [-0.05, 0) is 62.9 Å². The molecule has 0 aromatic heterocycles. The lowest BCUT2D eigenvalue weighted by molar-refractivity contribution is -0.534. The number of hydrogen-bond donors (Lipinski definition) is 0. The Labute approximate surface area is 121 Å². The van der Waals surface area contributed by atoms with Gasteiger partial charge in [-0.3, -0.25) is 0 Å². The van der Waals surface area contributed by atoms with Gasteiger partial charge >= 0.3 is 0 Å². The van der Waals surface area contributed by atoms with E-state index in [9.17, 15) is 0 Å². The largest absolute Gasteiger partial charge is 0.340 e. The topological polar surface area (TPSA) is 27.7 Å². The Morgan fingerprint density at radius 2 is 1.70 bits per heavy atom. The Morgan fingerprint density at radius 1 is 1.10 bits per heavy atom. The molecule has 4 aliphatic carbocycles. The zero-order valence-electron chi connectivity index (χ0n) is 12.6. The van der Waals surface area contributed by atoms with Crippen molar-refractivity contribution in [2.24, 2.45) is 23.7 Å². The molecule has 0 amide bonds. The van der Waals surface area contributed by atoms with Gasteiger partial charge in [-0.15, -0.1) is 0 Å². The molecule has 0 N–H and O–H groups in total. The summed E-state index contributed by atoms with van der Waals surface area (Å²) in [6, 6.07) is 0. The fourth-order valence-corrected chi connectivity index (χ4v) is 5.37. The van der Waals surface area contributed by atoms with Crippen LogP contribution in [0.5, 0.6) is 0 Å². The van der Waals surface area contributed by atoms with Crippen LogP contribution in [0.3, 0.4) is 0 Å². The Hall–Kier alpha value is -0.380. The lowest BCUT2D eigenvalue weighted by atomic mass is 9.53. The van der Waals surface area contributed by atoms with Gasteiger partial charge in [0.1, 0.15) is 6.10 Å². The van der Waals surface area contributed by atoms with Crippen LogP contribution in [0.1, 0.15) is 52.4 Å². The van der Waals surface area contributed by atoms with Gasteiger partial charge in [0.05, 0.1) is 6.10 Å². The van der Waals surface area contributed by atoms with E-state index < -0.39 is 5.79 Å². The van der Waals surface area contributed by atoms with Crippen LogP contribution in [0, 0.1) is 23.7 Å². The molecule has 112 valence electrons. The van der Waals surface area contributed by atoms with E-state index in [2.05, 4.69) is 13.5 Å². The third-order valence-electron chi connectivity index (χ3n) is 6.12. The van der Waals surface area contributed by atoms with E-state index in [-0.39, 0.29) is 12.2 Å². The summed E-state index contributed by atoms with van der Waals surface area (Å²) in [5.74, 6) is 2.46. The van der Waals surface area contributed by atoms with Crippen LogP contribution in [0.4, 0.5) is 0 Å². The Balaban J connectivity index is 1.61. The molecule has 2 atom stereocenters. The van der Waals surface area contributed by atoms with Crippen molar-refractivity contribution in [3.63, 3.8) is 0 Å². The monoisotopic (exact) mass is 278 g/mol. The number of hydrogen-bond acceptors (Lipinski definition) is 3. The van der Waals surface area contributed by atoms with Gasteiger partial charge in [-0.2, -0.15) is 4.89 Å². The van der Waals surface area contributed by atoms with Gasteiger partial charge in [0.25, 0.3) is 0 Å². The highest BCUT2D eigenvalue weighted by molar-refractivity contribution is 5.08. The molecule has 1 heterocycles. The van der Waals surface area contributed by atoms with Crippen LogP contribution in [0.2, 0.25) is 0 Å². The molecule has 0 aromatic rings. The fraction of sp³-hybridized carbons (Fsp3) is 0.882. The fourth-order valence-electron chi connectivity index (χ4n) is 5.37. The highest BCUT2D eigenvalue weighted by Crippen LogP contribution is 2.61. The van der Waals surface area contributed by atoms with E-state index in [1.54, 1.807) is 0 Å². The average Bonchev–Trinajstić information content (AvgIpc) is 2.43. The summed E-state index contributed by atoms with van der Waals surface area (Å²) >= 11 is 0. The van der Waals surface area contributed by atoms with Crippen LogP contribution in [-0.2, 0) is 14.5 Å². The van der Waals surface area contributed by atoms with Crippen LogP contribution >= 0.6 is 0 Å². The molecule has 5 rings (SSSR count). The molecule has 0 unspecified atom stereocenters. The molecule has 1 saturated heterocycles. The molecule has 4 bridgehead atoms. The molecule has 1 spiro atoms. The van der Waals surface area contributed by atoms with Crippen molar-refractivity contribution in [2.75, 3.05) is 0 Å². The molecule has 1 aliphatic heterocycles. The summed E-state index contributed by atoms with van der Waals surface area (Å²) in [5, 5.41) is 0. The van der Waals surface area contributed by atoms with Crippen molar-refractivity contribution in [2.45, 2.75) is 70.4 Å². The van der Waals surface area contributed by atoms with Crippen molar-refractivity contribution in [1.29, 1.82) is 0 Å². The minimum atomic E-state index is -0.444. The van der Waals surface area contributed by atoms with Gasteiger partial charge in [0.2, 0.25) is 5.79 Å². The Morgan fingerprint density at radius 3 is 2.20 bits per heavy atom. The number of ether oxygens (including phenoxy) is 1. The van der Waals surface area contributed by atoms with Gasteiger partial charge < -0.3 is 4.74 Å². The lowest BCUT2D eigenvalue weighted by Crippen LogP contribution is -2.65. The van der Waals surface area contributed by atoms with Crippen molar-refractivity contribution in [1.82, 2.24) is 0 Å². The smallest absolute Gasteiger partial charge is 0.207 e.